The smallest absolute Gasteiger partial charge is 0.258 e. The second-order valence-electron chi connectivity index (χ2n) is 2.67. The van der Waals surface area contributed by atoms with Gasteiger partial charge in [0.25, 0.3) is 0 Å². The minimum Gasteiger partial charge on any atom is -0.258 e. The molecule has 1 aromatic rings. The van der Waals surface area contributed by atoms with Gasteiger partial charge in [-0.2, -0.15) is 4.39 Å². The molecule has 0 fully saturated rings. The zero-order chi connectivity index (χ0) is 10.9. The lowest BCUT2D eigenvalue weighted by molar-refractivity contribution is -0.387. The van der Waals surface area contributed by atoms with Crippen LogP contribution in [-0.4, -0.2) is 4.92 Å². The third-order valence-electron chi connectivity index (χ3n) is 1.72. The number of hydrogen-bond acceptors (Lipinski definition) is 2. The summed E-state index contributed by atoms with van der Waals surface area (Å²) in [6.45, 7) is 1.60. The van der Waals surface area contributed by atoms with E-state index in [1.165, 1.54) is 6.07 Å². The molecule has 0 radical (unpaired) electrons. The van der Waals surface area contributed by atoms with Crippen LogP contribution in [-0.2, 0) is 0 Å². The highest BCUT2D eigenvalue weighted by atomic mass is 79.9. The summed E-state index contributed by atoms with van der Waals surface area (Å²) in [7, 11) is 0. The Morgan fingerprint density at radius 3 is 2.43 bits per heavy atom. The molecule has 3 nitrogen and oxygen atoms in total. The van der Waals surface area contributed by atoms with E-state index in [0.717, 1.165) is 6.07 Å². The fourth-order valence-corrected chi connectivity index (χ4v) is 1.36. The second-order valence-corrected chi connectivity index (χ2v) is 4.05. The molecule has 0 aromatic heterocycles. The average Bonchev–Trinajstić information content (AvgIpc) is 2.08. The topological polar surface area (TPSA) is 43.1 Å². The molecular weight excluding hydrogens is 260 g/mol. The van der Waals surface area contributed by atoms with Gasteiger partial charge in [0.2, 0.25) is 5.82 Å². The molecule has 6 heteroatoms. The summed E-state index contributed by atoms with van der Waals surface area (Å²) < 4.78 is 26.2. The van der Waals surface area contributed by atoms with Gasteiger partial charge >= 0.3 is 5.69 Å². The lowest BCUT2D eigenvalue weighted by Gasteiger charge is -2.05. The molecule has 14 heavy (non-hydrogen) atoms. The monoisotopic (exact) mass is 265 g/mol. The Hall–Kier alpha value is -1.04. The van der Waals surface area contributed by atoms with E-state index in [1.807, 2.05) is 0 Å². The first-order valence-electron chi connectivity index (χ1n) is 3.71. The predicted molar refractivity (Wildman–Crippen MR) is 50.4 cm³/mol. The fourth-order valence-electron chi connectivity index (χ4n) is 1.00. The third kappa shape index (κ3) is 1.89. The van der Waals surface area contributed by atoms with Crippen molar-refractivity contribution >= 4 is 21.6 Å². The summed E-state index contributed by atoms with van der Waals surface area (Å²) in [4.78, 5) is 8.89. The van der Waals surface area contributed by atoms with Crippen LogP contribution < -0.4 is 0 Å². The summed E-state index contributed by atoms with van der Waals surface area (Å²) in [5.41, 5.74) is -0.785. The van der Waals surface area contributed by atoms with E-state index in [0.29, 0.717) is 0 Å². The molecule has 0 amide bonds. The van der Waals surface area contributed by atoms with E-state index in [1.54, 1.807) is 6.92 Å². The maximum absolute atomic E-state index is 13.2. The average molecular weight is 266 g/mol. The van der Waals surface area contributed by atoms with Crippen molar-refractivity contribution in [2.75, 3.05) is 0 Å². The zero-order valence-corrected chi connectivity index (χ0v) is 8.72. The second kappa shape index (κ2) is 4.00. The molecule has 0 heterocycles. The molecule has 0 saturated carbocycles. The van der Waals surface area contributed by atoms with Gasteiger partial charge in [0, 0.05) is 16.5 Å². The number of alkyl halides is 1. The highest BCUT2D eigenvalue weighted by molar-refractivity contribution is 9.09. The third-order valence-corrected chi connectivity index (χ3v) is 2.21. The Bertz CT molecular complexity index is 382. The lowest BCUT2D eigenvalue weighted by atomic mass is 10.1. The number of halogens is 3. The van der Waals surface area contributed by atoms with E-state index in [2.05, 4.69) is 15.9 Å². The van der Waals surface area contributed by atoms with E-state index in [9.17, 15) is 18.9 Å². The Balaban J connectivity index is 3.33. The van der Waals surface area contributed by atoms with Gasteiger partial charge in [-0.05, 0) is 13.0 Å². The summed E-state index contributed by atoms with van der Waals surface area (Å²) in [5, 5.41) is 10.2. The SMILES string of the molecule is CC(Br)c1ccc([N+](=O)[O-])c(F)c1F. The van der Waals surface area contributed by atoms with E-state index < -0.39 is 27.1 Å². The molecule has 0 bridgehead atoms. The molecule has 76 valence electrons. The van der Waals surface area contributed by atoms with Crippen LogP contribution in [0.25, 0.3) is 0 Å². The zero-order valence-electron chi connectivity index (χ0n) is 7.13. The van der Waals surface area contributed by atoms with Gasteiger partial charge in [-0.25, -0.2) is 4.39 Å². The van der Waals surface area contributed by atoms with Crippen LogP contribution in [0.3, 0.4) is 0 Å². The number of nitro groups is 1. The van der Waals surface area contributed by atoms with Crippen molar-refractivity contribution in [3.8, 4) is 0 Å². The first-order valence-corrected chi connectivity index (χ1v) is 4.63. The molecule has 0 aliphatic carbocycles. The minimum atomic E-state index is -1.42. The largest absolute Gasteiger partial charge is 0.307 e. The van der Waals surface area contributed by atoms with Crippen LogP contribution >= 0.6 is 15.9 Å². The number of benzene rings is 1. The fraction of sp³-hybridized carbons (Fsp3) is 0.250. The maximum Gasteiger partial charge on any atom is 0.307 e. The van der Waals surface area contributed by atoms with Gasteiger partial charge in [0.15, 0.2) is 5.82 Å². The van der Waals surface area contributed by atoms with Gasteiger partial charge < -0.3 is 0 Å². The number of rotatable bonds is 2. The van der Waals surface area contributed by atoms with Crippen molar-refractivity contribution in [3.63, 3.8) is 0 Å². The van der Waals surface area contributed by atoms with Crippen molar-refractivity contribution in [1.82, 2.24) is 0 Å². The van der Waals surface area contributed by atoms with Gasteiger partial charge in [-0.3, -0.25) is 10.1 Å². The molecule has 1 rings (SSSR count). The van der Waals surface area contributed by atoms with Gasteiger partial charge in [0.05, 0.1) is 4.92 Å². The Morgan fingerprint density at radius 2 is 2.00 bits per heavy atom. The predicted octanol–water partition coefficient (Wildman–Crippen LogP) is 3.33. The number of hydrogen-bond donors (Lipinski definition) is 0. The van der Waals surface area contributed by atoms with Crippen LogP contribution in [0.1, 0.15) is 17.3 Å². The molecule has 1 aromatic carbocycles. The Kier molecular flexibility index (Phi) is 3.15. The number of nitrogens with zero attached hydrogens (tertiary/aromatic N) is 1. The molecule has 1 unspecified atom stereocenters. The lowest BCUT2D eigenvalue weighted by Crippen LogP contribution is -2.00. The molecular formula is C8H6BrF2NO2. The van der Waals surface area contributed by atoms with Crippen LogP contribution in [0.15, 0.2) is 12.1 Å². The molecule has 0 spiro atoms. The minimum absolute atomic E-state index is 0.0631. The van der Waals surface area contributed by atoms with Crippen LogP contribution in [0.4, 0.5) is 14.5 Å². The molecule has 1 atom stereocenters. The molecule has 0 N–H and O–H groups in total. The highest BCUT2D eigenvalue weighted by Crippen LogP contribution is 2.29. The molecule has 0 aliphatic rings. The van der Waals surface area contributed by atoms with E-state index in [-0.39, 0.29) is 5.56 Å². The normalized spacial score (nSPS) is 12.6. The van der Waals surface area contributed by atoms with E-state index in [4.69, 9.17) is 0 Å². The van der Waals surface area contributed by atoms with Gasteiger partial charge in [-0.1, -0.05) is 15.9 Å². The van der Waals surface area contributed by atoms with Crippen LogP contribution in [0.2, 0.25) is 0 Å². The first-order chi connectivity index (χ1) is 6.45. The summed E-state index contributed by atoms with van der Waals surface area (Å²) >= 11 is 3.05. The van der Waals surface area contributed by atoms with Crippen molar-refractivity contribution in [2.24, 2.45) is 0 Å². The van der Waals surface area contributed by atoms with Crippen molar-refractivity contribution < 1.29 is 13.7 Å². The van der Waals surface area contributed by atoms with Crippen molar-refractivity contribution in [3.05, 3.63) is 39.4 Å². The summed E-state index contributed by atoms with van der Waals surface area (Å²) in [6, 6.07) is 2.14. The molecule has 0 saturated heterocycles. The quantitative estimate of drug-likeness (QED) is 0.468. The Morgan fingerprint density at radius 1 is 1.43 bits per heavy atom. The molecule has 0 aliphatic heterocycles. The van der Waals surface area contributed by atoms with Gasteiger partial charge in [0.1, 0.15) is 0 Å². The highest BCUT2D eigenvalue weighted by Gasteiger charge is 2.22. The van der Waals surface area contributed by atoms with Crippen LogP contribution in [0.5, 0.6) is 0 Å². The van der Waals surface area contributed by atoms with Crippen LogP contribution in [0, 0.1) is 21.7 Å². The van der Waals surface area contributed by atoms with Crippen molar-refractivity contribution in [1.29, 1.82) is 0 Å². The maximum atomic E-state index is 13.2. The van der Waals surface area contributed by atoms with Crippen molar-refractivity contribution in [2.45, 2.75) is 11.8 Å². The standard InChI is InChI=1S/C8H6BrF2NO2/c1-4(9)5-2-3-6(12(13)14)8(11)7(5)10/h2-4H,1H3. The Labute approximate surface area is 87.0 Å². The first kappa shape index (κ1) is 11.0. The van der Waals surface area contributed by atoms with Gasteiger partial charge in [-0.15, -0.1) is 0 Å². The number of nitro benzene ring substituents is 1. The summed E-state index contributed by atoms with van der Waals surface area (Å²) in [5.74, 6) is -2.60. The van der Waals surface area contributed by atoms with E-state index >= 15 is 0 Å². The summed E-state index contributed by atoms with van der Waals surface area (Å²) in [6.07, 6.45) is 0.